The van der Waals surface area contributed by atoms with Crippen molar-refractivity contribution in [2.45, 2.75) is 31.9 Å². The van der Waals surface area contributed by atoms with E-state index in [2.05, 4.69) is 0 Å². The molecule has 82 valence electrons. The fourth-order valence-corrected chi connectivity index (χ4v) is 1.59. The van der Waals surface area contributed by atoms with Gasteiger partial charge >= 0.3 is 0 Å². The third kappa shape index (κ3) is 2.09. The first kappa shape index (κ1) is 10.4. The van der Waals surface area contributed by atoms with Crippen LogP contribution >= 0.6 is 0 Å². The maximum Gasteiger partial charge on any atom is 0.132 e. The maximum atomic E-state index is 13.1. The van der Waals surface area contributed by atoms with E-state index in [9.17, 15) is 8.78 Å². The Bertz CT molecular complexity index is 352. The Hall–Kier alpha value is -1.16. The molecule has 0 saturated heterocycles. The van der Waals surface area contributed by atoms with Gasteiger partial charge in [-0.25, -0.2) is 8.78 Å². The lowest BCUT2D eigenvalue weighted by atomic mass is 9.90. The smallest absolute Gasteiger partial charge is 0.132 e. The number of hydrogen-bond acceptors (Lipinski definition) is 2. The third-order valence-electron chi connectivity index (χ3n) is 2.69. The highest BCUT2D eigenvalue weighted by Gasteiger charge is 2.27. The van der Waals surface area contributed by atoms with Crippen LogP contribution in [0.5, 0.6) is 5.75 Å². The highest BCUT2D eigenvalue weighted by molar-refractivity contribution is 5.30. The molecule has 2 rings (SSSR count). The van der Waals surface area contributed by atoms with Crippen LogP contribution in [0, 0.1) is 18.6 Å². The van der Waals surface area contributed by atoms with Gasteiger partial charge in [0, 0.05) is 23.7 Å². The van der Waals surface area contributed by atoms with E-state index in [1.807, 2.05) is 0 Å². The molecule has 1 saturated carbocycles. The second-order valence-electron chi connectivity index (χ2n) is 3.98. The Morgan fingerprint density at radius 2 is 1.80 bits per heavy atom. The summed E-state index contributed by atoms with van der Waals surface area (Å²) >= 11 is 0. The zero-order valence-corrected chi connectivity index (χ0v) is 8.47. The van der Waals surface area contributed by atoms with Gasteiger partial charge in [0.15, 0.2) is 0 Å². The van der Waals surface area contributed by atoms with Crippen molar-refractivity contribution in [3.8, 4) is 5.75 Å². The van der Waals surface area contributed by atoms with Crippen LogP contribution in [0.4, 0.5) is 8.78 Å². The molecule has 0 amide bonds. The lowest BCUT2D eigenvalue weighted by Gasteiger charge is -2.32. The largest absolute Gasteiger partial charge is 0.490 e. The minimum Gasteiger partial charge on any atom is -0.490 e. The Morgan fingerprint density at radius 1 is 1.27 bits per heavy atom. The predicted molar refractivity (Wildman–Crippen MR) is 52.7 cm³/mol. The number of halogens is 2. The maximum absolute atomic E-state index is 13.1. The molecule has 0 aromatic heterocycles. The van der Waals surface area contributed by atoms with Gasteiger partial charge in [-0.05, 0) is 19.8 Å². The number of nitrogens with two attached hydrogens (primary N) is 1. The molecular formula is C11H13F2NO. The van der Waals surface area contributed by atoms with Gasteiger partial charge in [-0.2, -0.15) is 0 Å². The van der Waals surface area contributed by atoms with Crippen LogP contribution in [0.25, 0.3) is 0 Å². The first-order valence-electron chi connectivity index (χ1n) is 4.94. The lowest BCUT2D eigenvalue weighted by molar-refractivity contribution is 0.100. The highest BCUT2D eigenvalue weighted by Crippen LogP contribution is 2.26. The van der Waals surface area contributed by atoms with E-state index in [1.165, 1.54) is 19.1 Å². The molecule has 0 bridgehead atoms. The monoisotopic (exact) mass is 213 g/mol. The van der Waals surface area contributed by atoms with Crippen LogP contribution in [-0.4, -0.2) is 12.1 Å². The van der Waals surface area contributed by atoms with E-state index in [0.29, 0.717) is 0 Å². The molecule has 0 unspecified atom stereocenters. The molecule has 2 nitrogen and oxygen atoms in total. The van der Waals surface area contributed by atoms with E-state index >= 15 is 0 Å². The molecule has 1 aliphatic rings. The fraction of sp³-hybridized carbons (Fsp3) is 0.455. The van der Waals surface area contributed by atoms with Crippen molar-refractivity contribution in [1.82, 2.24) is 0 Å². The average molecular weight is 213 g/mol. The second-order valence-corrected chi connectivity index (χ2v) is 3.98. The van der Waals surface area contributed by atoms with Gasteiger partial charge in [0.05, 0.1) is 0 Å². The van der Waals surface area contributed by atoms with Gasteiger partial charge in [-0.1, -0.05) is 0 Å². The van der Waals surface area contributed by atoms with Crippen LogP contribution in [0.1, 0.15) is 18.4 Å². The molecule has 0 spiro atoms. The highest BCUT2D eigenvalue weighted by atomic mass is 19.1. The van der Waals surface area contributed by atoms with Gasteiger partial charge in [0.25, 0.3) is 0 Å². The molecule has 1 aromatic carbocycles. The van der Waals surface area contributed by atoms with Crippen molar-refractivity contribution in [2.75, 3.05) is 0 Å². The summed E-state index contributed by atoms with van der Waals surface area (Å²) in [4.78, 5) is 0. The van der Waals surface area contributed by atoms with Crippen molar-refractivity contribution in [1.29, 1.82) is 0 Å². The van der Waals surface area contributed by atoms with E-state index in [4.69, 9.17) is 10.5 Å². The molecule has 0 radical (unpaired) electrons. The summed E-state index contributed by atoms with van der Waals surface area (Å²) in [6.07, 6.45) is 1.50. The quantitative estimate of drug-likeness (QED) is 0.816. The molecule has 4 heteroatoms. The molecule has 1 fully saturated rings. The molecule has 15 heavy (non-hydrogen) atoms. The average Bonchev–Trinajstić information content (AvgIpc) is 2.11. The summed E-state index contributed by atoms with van der Waals surface area (Å²) in [5.41, 5.74) is 5.60. The summed E-state index contributed by atoms with van der Waals surface area (Å²) in [7, 11) is 0. The number of ether oxygens (including phenoxy) is 1. The molecule has 2 N–H and O–H groups in total. The van der Waals surface area contributed by atoms with Gasteiger partial charge in [-0.15, -0.1) is 0 Å². The van der Waals surface area contributed by atoms with Gasteiger partial charge in [0.2, 0.25) is 0 Å². The number of benzene rings is 1. The molecule has 0 aliphatic heterocycles. The van der Waals surface area contributed by atoms with Crippen LogP contribution in [0.15, 0.2) is 12.1 Å². The van der Waals surface area contributed by atoms with Crippen molar-refractivity contribution in [3.63, 3.8) is 0 Å². The zero-order chi connectivity index (χ0) is 11.0. The minimum absolute atomic E-state index is 0.00139. The summed E-state index contributed by atoms with van der Waals surface area (Å²) in [6, 6.07) is 2.58. The van der Waals surface area contributed by atoms with Crippen molar-refractivity contribution in [3.05, 3.63) is 29.3 Å². The summed E-state index contributed by atoms with van der Waals surface area (Å²) in [6.45, 7) is 1.40. The van der Waals surface area contributed by atoms with E-state index in [1.54, 1.807) is 0 Å². The van der Waals surface area contributed by atoms with Crippen molar-refractivity contribution < 1.29 is 13.5 Å². The zero-order valence-electron chi connectivity index (χ0n) is 8.47. The fourth-order valence-electron chi connectivity index (χ4n) is 1.59. The van der Waals surface area contributed by atoms with Crippen LogP contribution in [0.3, 0.4) is 0 Å². The normalized spacial score (nSPS) is 24.8. The molecule has 0 atom stereocenters. The van der Waals surface area contributed by atoms with Gasteiger partial charge < -0.3 is 10.5 Å². The standard InChI is InChI=1S/C11H13F2NO/c1-6-10(12)4-9(5-11(6)13)15-8-2-7(14)3-8/h4-5,7-8H,2-3,14H2,1H3/t7-,8-. The van der Waals surface area contributed by atoms with E-state index < -0.39 is 11.6 Å². The van der Waals surface area contributed by atoms with Crippen LogP contribution in [-0.2, 0) is 0 Å². The van der Waals surface area contributed by atoms with Crippen LogP contribution < -0.4 is 10.5 Å². The van der Waals surface area contributed by atoms with E-state index in [0.717, 1.165) is 12.8 Å². The van der Waals surface area contributed by atoms with Gasteiger partial charge in [-0.3, -0.25) is 0 Å². The number of rotatable bonds is 2. The topological polar surface area (TPSA) is 35.2 Å². The van der Waals surface area contributed by atoms with Crippen LogP contribution in [0.2, 0.25) is 0 Å². The Labute approximate surface area is 87.0 Å². The Balaban J connectivity index is 2.09. The molecular weight excluding hydrogens is 200 g/mol. The molecule has 1 aliphatic carbocycles. The minimum atomic E-state index is -0.575. The Morgan fingerprint density at radius 3 is 2.27 bits per heavy atom. The third-order valence-corrected chi connectivity index (χ3v) is 2.69. The molecule has 1 aromatic rings. The SMILES string of the molecule is Cc1c(F)cc(O[C@H]2C[C@H](N)C2)cc1F. The van der Waals surface area contributed by atoms with Gasteiger partial charge in [0.1, 0.15) is 23.5 Å². The summed E-state index contributed by atoms with van der Waals surface area (Å²) in [5.74, 6) is -0.908. The van der Waals surface area contributed by atoms with Crippen molar-refractivity contribution >= 4 is 0 Å². The summed E-state index contributed by atoms with van der Waals surface area (Å²) < 4.78 is 31.7. The second kappa shape index (κ2) is 3.77. The lowest BCUT2D eigenvalue weighted by Crippen LogP contribution is -2.43. The predicted octanol–water partition coefficient (Wildman–Crippen LogP) is 2.14. The Kier molecular flexibility index (Phi) is 2.61. The number of hydrogen-bond donors (Lipinski definition) is 1. The van der Waals surface area contributed by atoms with E-state index in [-0.39, 0.29) is 23.5 Å². The molecule has 0 heterocycles. The van der Waals surface area contributed by atoms with Crippen molar-refractivity contribution in [2.24, 2.45) is 5.73 Å². The first-order valence-corrected chi connectivity index (χ1v) is 4.94. The first-order chi connectivity index (χ1) is 7.06. The summed E-state index contributed by atoms with van der Waals surface area (Å²) in [5, 5.41) is 0.